The second kappa shape index (κ2) is 9.39. The molecule has 0 unspecified atom stereocenters. The van der Waals surface area contributed by atoms with Gasteiger partial charge in [-0.3, -0.25) is 4.98 Å². The predicted octanol–water partition coefficient (Wildman–Crippen LogP) is 11.3. The first kappa shape index (κ1) is 24.7. The van der Waals surface area contributed by atoms with Crippen LogP contribution in [0.1, 0.15) is 0 Å². The van der Waals surface area contributed by atoms with Gasteiger partial charge in [-0.15, -0.1) is 11.3 Å². The molecule has 3 nitrogen and oxygen atoms in total. The van der Waals surface area contributed by atoms with Gasteiger partial charge in [0.15, 0.2) is 0 Å². The highest BCUT2D eigenvalue weighted by atomic mass is 32.1. The molecule has 45 heavy (non-hydrogen) atoms. The monoisotopic (exact) mass is 591 g/mol. The number of rotatable bonds is 3. The Hall–Kier alpha value is -5.71. The van der Waals surface area contributed by atoms with E-state index in [1.807, 2.05) is 23.7 Å². The number of para-hydroxylation sites is 3. The minimum Gasteiger partial charge on any atom is -0.309 e. The summed E-state index contributed by atoms with van der Waals surface area (Å²) in [7, 11) is 0. The Balaban J connectivity index is 1.23. The molecule has 4 aromatic heterocycles. The fraction of sp³-hybridized carbons (Fsp3) is 0. The summed E-state index contributed by atoms with van der Waals surface area (Å²) >= 11 is 1.90. The van der Waals surface area contributed by atoms with Crippen LogP contribution in [0.25, 0.3) is 86.3 Å². The number of hydrogen-bond acceptors (Lipinski definition) is 2. The number of benzene rings is 6. The fourth-order valence-corrected chi connectivity index (χ4v) is 8.50. The summed E-state index contributed by atoms with van der Waals surface area (Å²) in [6.45, 7) is 0. The summed E-state index contributed by atoms with van der Waals surface area (Å²) < 4.78 is 7.47. The molecule has 0 aliphatic carbocycles. The molecule has 0 bridgehead atoms. The summed E-state index contributed by atoms with van der Waals surface area (Å²) in [6.07, 6.45) is 3.71. The maximum Gasteiger partial charge on any atom is 0.0555 e. The zero-order valence-electron chi connectivity index (χ0n) is 24.2. The molecule has 4 heteroatoms. The van der Waals surface area contributed by atoms with Gasteiger partial charge in [0, 0.05) is 65.5 Å². The van der Waals surface area contributed by atoms with Crippen LogP contribution in [0.3, 0.4) is 0 Å². The minimum absolute atomic E-state index is 1.16. The van der Waals surface area contributed by atoms with E-state index in [4.69, 9.17) is 0 Å². The van der Waals surface area contributed by atoms with Crippen molar-refractivity contribution in [3.8, 4) is 22.5 Å². The molecule has 10 rings (SSSR count). The van der Waals surface area contributed by atoms with Crippen LogP contribution in [0.2, 0.25) is 0 Å². The van der Waals surface area contributed by atoms with E-state index < -0.39 is 0 Å². The SMILES string of the molecule is c1cc(-c2ccncc2)cc(-n2c3ccccc3c3c4sc5ccc(-n6c7ccccc7c7ccccc76)cc5c4ccc32)c1. The van der Waals surface area contributed by atoms with Crippen LogP contribution >= 0.6 is 11.3 Å². The van der Waals surface area contributed by atoms with Crippen molar-refractivity contribution in [3.63, 3.8) is 0 Å². The topological polar surface area (TPSA) is 22.8 Å². The van der Waals surface area contributed by atoms with Crippen LogP contribution < -0.4 is 0 Å². The molecule has 6 aromatic carbocycles. The van der Waals surface area contributed by atoms with Crippen LogP contribution in [0.4, 0.5) is 0 Å². The Morgan fingerprint density at radius 1 is 0.422 bits per heavy atom. The van der Waals surface area contributed by atoms with E-state index in [1.54, 1.807) is 0 Å². The summed E-state index contributed by atoms with van der Waals surface area (Å²) in [5.41, 5.74) is 9.61. The Bertz CT molecular complexity index is 2710. The first-order valence-corrected chi connectivity index (χ1v) is 16.0. The van der Waals surface area contributed by atoms with Crippen molar-refractivity contribution in [1.82, 2.24) is 14.1 Å². The number of fused-ring (bicyclic) bond motifs is 10. The standard InChI is InChI=1S/C41H25N3S/c1-4-13-35-30(10-1)31-11-2-5-14-36(31)43(35)29-16-19-39-34(25-29)32-17-18-38-40(41(32)45-39)33-12-3-6-15-37(33)44(38)28-9-7-8-27(24-28)26-20-22-42-23-21-26/h1-25H. The smallest absolute Gasteiger partial charge is 0.0555 e. The van der Waals surface area contributed by atoms with E-state index >= 15 is 0 Å². The van der Waals surface area contributed by atoms with E-state index in [2.05, 4.69) is 154 Å². The van der Waals surface area contributed by atoms with Crippen LogP contribution in [0, 0.1) is 0 Å². The van der Waals surface area contributed by atoms with E-state index in [9.17, 15) is 0 Å². The molecule has 0 aliphatic rings. The lowest BCUT2D eigenvalue weighted by atomic mass is 10.1. The Morgan fingerprint density at radius 2 is 1.07 bits per heavy atom. The molecule has 0 amide bonds. The van der Waals surface area contributed by atoms with Crippen LogP contribution in [0.15, 0.2) is 152 Å². The van der Waals surface area contributed by atoms with Gasteiger partial charge in [-0.05, 0) is 77.9 Å². The Kier molecular flexibility index (Phi) is 5.16. The Morgan fingerprint density at radius 3 is 1.82 bits per heavy atom. The molecular formula is C41H25N3S. The van der Waals surface area contributed by atoms with E-state index in [-0.39, 0.29) is 0 Å². The van der Waals surface area contributed by atoms with Crippen molar-refractivity contribution in [1.29, 1.82) is 0 Å². The second-order valence-electron chi connectivity index (χ2n) is 11.6. The number of hydrogen-bond donors (Lipinski definition) is 0. The fourth-order valence-electron chi connectivity index (χ4n) is 7.26. The maximum atomic E-state index is 4.21. The molecule has 0 atom stereocenters. The van der Waals surface area contributed by atoms with Gasteiger partial charge < -0.3 is 9.13 Å². The molecule has 0 fully saturated rings. The van der Waals surface area contributed by atoms with Gasteiger partial charge in [0.1, 0.15) is 0 Å². The first-order valence-electron chi connectivity index (χ1n) is 15.2. The van der Waals surface area contributed by atoms with Crippen LogP contribution in [-0.2, 0) is 0 Å². The third-order valence-corrected chi connectivity index (χ3v) is 10.4. The quantitative estimate of drug-likeness (QED) is 0.200. The molecule has 0 saturated carbocycles. The lowest BCUT2D eigenvalue weighted by Gasteiger charge is -2.10. The van der Waals surface area contributed by atoms with Crippen LogP contribution in [-0.4, -0.2) is 14.1 Å². The molecular weight excluding hydrogens is 567 g/mol. The molecule has 210 valence electrons. The third kappa shape index (κ3) is 3.54. The van der Waals surface area contributed by atoms with Gasteiger partial charge in [0.25, 0.3) is 0 Å². The van der Waals surface area contributed by atoms with Crippen molar-refractivity contribution < 1.29 is 0 Å². The van der Waals surface area contributed by atoms with Gasteiger partial charge in [-0.25, -0.2) is 0 Å². The van der Waals surface area contributed by atoms with Gasteiger partial charge in [0.05, 0.1) is 22.1 Å². The van der Waals surface area contributed by atoms with Crippen molar-refractivity contribution in [3.05, 3.63) is 152 Å². The highest BCUT2D eigenvalue weighted by Gasteiger charge is 2.19. The molecule has 4 heterocycles. The highest BCUT2D eigenvalue weighted by molar-refractivity contribution is 7.26. The average molecular weight is 592 g/mol. The molecule has 0 saturated heterocycles. The summed E-state index contributed by atoms with van der Waals surface area (Å²) in [5, 5.41) is 7.77. The van der Waals surface area contributed by atoms with Crippen molar-refractivity contribution in [2.75, 3.05) is 0 Å². The third-order valence-electron chi connectivity index (χ3n) is 9.21. The average Bonchev–Trinajstić information content (AvgIpc) is 3.76. The lowest BCUT2D eigenvalue weighted by molar-refractivity contribution is 1.18. The maximum absolute atomic E-state index is 4.21. The normalized spacial score (nSPS) is 12.0. The summed E-state index contributed by atoms with van der Waals surface area (Å²) in [6, 6.07) is 50.8. The van der Waals surface area contributed by atoms with Gasteiger partial charge in [-0.1, -0.05) is 72.8 Å². The van der Waals surface area contributed by atoms with Crippen molar-refractivity contribution in [2.24, 2.45) is 0 Å². The Labute approximate surface area is 262 Å². The summed E-state index contributed by atoms with van der Waals surface area (Å²) in [5.74, 6) is 0. The van der Waals surface area contributed by atoms with Crippen molar-refractivity contribution in [2.45, 2.75) is 0 Å². The number of nitrogens with zero attached hydrogens (tertiary/aromatic N) is 3. The number of aromatic nitrogens is 3. The summed E-state index contributed by atoms with van der Waals surface area (Å²) in [4.78, 5) is 4.21. The zero-order chi connectivity index (χ0) is 29.5. The molecule has 0 aliphatic heterocycles. The molecule has 0 radical (unpaired) electrons. The minimum atomic E-state index is 1.16. The first-order chi connectivity index (χ1) is 22.3. The zero-order valence-corrected chi connectivity index (χ0v) is 25.0. The molecule has 0 N–H and O–H groups in total. The lowest BCUT2D eigenvalue weighted by Crippen LogP contribution is -1.94. The van der Waals surface area contributed by atoms with Crippen molar-refractivity contribution >= 4 is 75.1 Å². The number of thiophene rings is 1. The van der Waals surface area contributed by atoms with Gasteiger partial charge >= 0.3 is 0 Å². The largest absolute Gasteiger partial charge is 0.309 e. The van der Waals surface area contributed by atoms with Crippen LogP contribution in [0.5, 0.6) is 0 Å². The number of pyridine rings is 1. The van der Waals surface area contributed by atoms with E-state index in [1.165, 1.54) is 80.6 Å². The predicted molar refractivity (Wildman–Crippen MR) is 191 cm³/mol. The van der Waals surface area contributed by atoms with E-state index in [0.717, 1.165) is 5.69 Å². The highest BCUT2D eigenvalue weighted by Crippen LogP contribution is 2.44. The molecule has 0 spiro atoms. The van der Waals surface area contributed by atoms with E-state index in [0.29, 0.717) is 0 Å². The second-order valence-corrected chi connectivity index (χ2v) is 12.7. The van der Waals surface area contributed by atoms with Gasteiger partial charge in [0.2, 0.25) is 0 Å². The molecule has 10 aromatic rings. The van der Waals surface area contributed by atoms with Gasteiger partial charge in [-0.2, -0.15) is 0 Å².